The highest BCUT2D eigenvalue weighted by Gasteiger charge is 2.37. The van der Waals surface area contributed by atoms with Crippen LogP contribution in [0.3, 0.4) is 0 Å². The van der Waals surface area contributed by atoms with E-state index in [-0.39, 0.29) is 0 Å². The zero-order valence-electron chi connectivity index (χ0n) is 25.0. The Morgan fingerprint density at radius 1 is 0.468 bits per heavy atom. The highest BCUT2D eigenvalue weighted by atomic mass is 31.2. The molecule has 8 rings (SSSR count). The van der Waals surface area contributed by atoms with Crippen molar-refractivity contribution in [2.75, 3.05) is 0 Å². The van der Waals surface area contributed by atoms with Crippen LogP contribution in [-0.4, -0.2) is 0 Å². The third-order valence-electron chi connectivity index (χ3n) is 7.87. The SMILES string of the molecule is O=P1(Oc2ccccc2-c2ccccc2OP2Oc3ccccc3Cc3ccccc3O2)Oc2ccccc2Cc2ccccc2O1. The lowest BCUT2D eigenvalue weighted by Crippen LogP contribution is -2.12. The number of phosphoric ester groups is 1. The summed E-state index contributed by atoms with van der Waals surface area (Å²) in [7, 11) is -6.16. The molecule has 0 amide bonds. The van der Waals surface area contributed by atoms with Gasteiger partial charge in [0.1, 0.15) is 34.5 Å². The third kappa shape index (κ3) is 6.16. The second-order valence-corrected chi connectivity index (χ2v) is 13.4. The number of para-hydroxylation sites is 6. The lowest BCUT2D eigenvalue weighted by Gasteiger charge is -2.26. The average molecular weight is 659 g/mol. The predicted molar refractivity (Wildman–Crippen MR) is 182 cm³/mol. The van der Waals surface area contributed by atoms with Crippen LogP contribution in [0.5, 0.6) is 34.5 Å². The summed E-state index contributed by atoms with van der Waals surface area (Å²) < 4.78 is 52.1. The average Bonchev–Trinajstić information content (AvgIpc) is 3.07. The van der Waals surface area contributed by atoms with Gasteiger partial charge in [-0.1, -0.05) is 109 Å². The summed E-state index contributed by atoms with van der Waals surface area (Å²) in [5.74, 6) is 3.07. The molecule has 0 atom stereocenters. The van der Waals surface area contributed by atoms with Crippen molar-refractivity contribution in [1.29, 1.82) is 0 Å². The largest absolute Gasteiger partial charge is 0.647 e. The number of benzene rings is 6. The van der Waals surface area contributed by atoms with Crippen LogP contribution >= 0.6 is 16.4 Å². The number of rotatable bonds is 5. The minimum absolute atomic E-state index is 0.297. The van der Waals surface area contributed by atoms with Gasteiger partial charge in [0.25, 0.3) is 0 Å². The van der Waals surface area contributed by atoms with E-state index in [0.29, 0.717) is 58.5 Å². The molecule has 0 fully saturated rings. The third-order valence-corrected chi connectivity index (χ3v) is 10.2. The smallest absolute Gasteiger partial charge is 0.408 e. The standard InChI is InChI=1S/C38H28O7P2/c39-47(43-35-21-9-3-15-29(35)26-30-16-4-10-22-36(30)44-47)45-38-24-12-6-18-32(38)31-17-5-11-23-37(31)42-46-40-33-19-7-1-13-27(33)25-28-14-2-8-20-34(28)41-46/h1-24H,25-26H2. The van der Waals surface area contributed by atoms with Gasteiger partial charge in [0.15, 0.2) is 0 Å². The van der Waals surface area contributed by atoms with Gasteiger partial charge in [0, 0.05) is 24.0 Å². The van der Waals surface area contributed by atoms with Gasteiger partial charge in [-0.25, -0.2) is 0 Å². The topological polar surface area (TPSA) is 72.5 Å². The van der Waals surface area contributed by atoms with E-state index in [2.05, 4.69) is 0 Å². The van der Waals surface area contributed by atoms with Crippen molar-refractivity contribution in [3.8, 4) is 45.6 Å². The van der Waals surface area contributed by atoms with Crippen LogP contribution < -0.4 is 27.1 Å². The van der Waals surface area contributed by atoms with Crippen molar-refractivity contribution in [3.63, 3.8) is 0 Å². The second-order valence-electron chi connectivity index (χ2n) is 11.0. The van der Waals surface area contributed by atoms with Crippen LogP contribution in [0.2, 0.25) is 0 Å². The summed E-state index contributed by atoms with van der Waals surface area (Å²) in [6, 6.07) is 45.5. The van der Waals surface area contributed by atoms with Gasteiger partial charge >= 0.3 is 16.4 Å². The van der Waals surface area contributed by atoms with E-state index in [9.17, 15) is 4.57 Å². The molecule has 2 aliphatic heterocycles. The Morgan fingerprint density at radius 2 is 0.851 bits per heavy atom. The van der Waals surface area contributed by atoms with E-state index >= 15 is 0 Å². The quantitative estimate of drug-likeness (QED) is 0.171. The van der Waals surface area contributed by atoms with E-state index in [1.54, 1.807) is 24.3 Å². The molecule has 2 aliphatic rings. The van der Waals surface area contributed by atoms with Crippen LogP contribution in [0.1, 0.15) is 22.3 Å². The van der Waals surface area contributed by atoms with Crippen molar-refractivity contribution in [2.45, 2.75) is 12.8 Å². The molecule has 7 nitrogen and oxygen atoms in total. The van der Waals surface area contributed by atoms with E-state index < -0.39 is 16.4 Å². The Labute approximate surface area is 273 Å². The normalized spacial score (nSPS) is 14.6. The summed E-state index contributed by atoms with van der Waals surface area (Å²) >= 11 is 0. The second kappa shape index (κ2) is 12.5. The van der Waals surface area contributed by atoms with E-state index in [1.807, 2.05) is 121 Å². The molecule has 0 bridgehead atoms. The highest BCUT2D eigenvalue weighted by Crippen LogP contribution is 2.55. The van der Waals surface area contributed by atoms with E-state index in [0.717, 1.165) is 22.3 Å². The first-order valence-electron chi connectivity index (χ1n) is 15.1. The molecule has 0 unspecified atom stereocenters. The fourth-order valence-corrected chi connectivity index (χ4v) is 8.08. The molecule has 9 heteroatoms. The van der Waals surface area contributed by atoms with Gasteiger partial charge in [0.05, 0.1) is 0 Å². The first-order chi connectivity index (χ1) is 23.1. The Bertz CT molecular complexity index is 2030. The van der Waals surface area contributed by atoms with Crippen molar-refractivity contribution in [1.82, 2.24) is 0 Å². The Morgan fingerprint density at radius 3 is 1.38 bits per heavy atom. The minimum Gasteiger partial charge on any atom is -0.408 e. The maximum Gasteiger partial charge on any atom is 0.647 e. The molecule has 0 aliphatic carbocycles. The molecule has 232 valence electrons. The van der Waals surface area contributed by atoms with Crippen LogP contribution in [0, 0.1) is 0 Å². The molecule has 0 saturated carbocycles. The molecule has 6 aromatic rings. The molecule has 6 aromatic carbocycles. The van der Waals surface area contributed by atoms with Gasteiger partial charge in [-0.05, 0) is 58.7 Å². The molecule has 2 heterocycles. The molecule has 0 spiro atoms. The van der Waals surface area contributed by atoms with Gasteiger partial charge < -0.3 is 27.1 Å². The van der Waals surface area contributed by atoms with Crippen LogP contribution in [0.15, 0.2) is 146 Å². The van der Waals surface area contributed by atoms with Crippen molar-refractivity contribution in [2.24, 2.45) is 0 Å². The van der Waals surface area contributed by atoms with Gasteiger partial charge in [-0.15, -0.1) is 0 Å². The first-order valence-corrected chi connectivity index (χ1v) is 17.7. The minimum atomic E-state index is -4.24. The lowest BCUT2D eigenvalue weighted by molar-refractivity contribution is 0.294. The van der Waals surface area contributed by atoms with Crippen molar-refractivity contribution < 1.29 is 31.7 Å². The summed E-state index contributed by atoms with van der Waals surface area (Å²) in [6.45, 7) is 0. The highest BCUT2D eigenvalue weighted by molar-refractivity contribution is 7.49. The number of hydrogen-bond acceptors (Lipinski definition) is 7. The number of hydrogen-bond donors (Lipinski definition) is 0. The summed E-state index contributed by atoms with van der Waals surface area (Å²) in [5, 5.41) is 0. The maximum absolute atomic E-state index is 14.5. The van der Waals surface area contributed by atoms with Gasteiger partial charge in [-0.3, -0.25) is 0 Å². The number of fused-ring (bicyclic) bond motifs is 4. The van der Waals surface area contributed by atoms with E-state index in [1.165, 1.54) is 0 Å². The Hall–Kier alpha value is -5.22. The summed E-state index contributed by atoms with van der Waals surface area (Å²) in [4.78, 5) is 0. The maximum atomic E-state index is 14.5. The monoisotopic (exact) mass is 658 g/mol. The van der Waals surface area contributed by atoms with E-state index in [4.69, 9.17) is 27.1 Å². The number of phosphoric acid groups is 1. The Kier molecular flexibility index (Phi) is 7.78. The molecule has 47 heavy (non-hydrogen) atoms. The zero-order valence-corrected chi connectivity index (χ0v) is 26.8. The van der Waals surface area contributed by atoms with Gasteiger partial charge in [0.2, 0.25) is 0 Å². The van der Waals surface area contributed by atoms with Crippen LogP contribution in [-0.2, 0) is 17.4 Å². The molecule has 0 saturated heterocycles. The summed E-state index contributed by atoms with van der Waals surface area (Å²) in [5.41, 5.74) is 5.14. The van der Waals surface area contributed by atoms with Gasteiger partial charge in [-0.2, -0.15) is 4.57 Å². The molecule has 0 N–H and O–H groups in total. The Balaban J connectivity index is 1.15. The first kappa shape index (κ1) is 29.2. The molecular formula is C38H28O7P2. The zero-order chi connectivity index (χ0) is 31.6. The fraction of sp³-hybridized carbons (Fsp3) is 0.0526. The van der Waals surface area contributed by atoms with Crippen LogP contribution in [0.4, 0.5) is 0 Å². The predicted octanol–water partition coefficient (Wildman–Crippen LogP) is 10.6. The van der Waals surface area contributed by atoms with Crippen molar-refractivity contribution in [3.05, 3.63) is 168 Å². The molecular weight excluding hydrogens is 630 g/mol. The summed E-state index contributed by atoms with van der Waals surface area (Å²) in [6.07, 6.45) is 1.24. The van der Waals surface area contributed by atoms with Crippen LogP contribution in [0.25, 0.3) is 11.1 Å². The molecule has 0 radical (unpaired) electrons. The molecule has 0 aromatic heterocycles. The fourth-order valence-electron chi connectivity index (χ4n) is 5.62. The van der Waals surface area contributed by atoms with Crippen molar-refractivity contribution >= 4 is 16.4 Å². The lowest BCUT2D eigenvalue weighted by atomic mass is 10.0.